The van der Waals surface area contributed by atoms with Crippen LogP contribution in [0.15, 0.2) is 35.3 Å². The number of aromatic nitrogens is 2. The molecule has 14 heteroatoms. The average Bonchev–Trinajstić information content (AvgIpc) is 2.46. The van der Waals surface area contributed by atoms with E-state index in [4.69, 9.17) is 11.6 Å². The first-order chi connectivity index (χ1) is 11.5. The summed E-state index contributed by atoms with van der Waals surface area (Å²) in [6.07, 6.45) is 1.69. The molecule has 2 N–H and O–H groups in total. The molecule has 2 rings (SSSR count). The number of hydrogen-bond donors (Lipinski definition) is 1. The predicted molar refractivity (Wildman–Crippen MR) is 82.1 cm³/mol. The summed E-state index contributed by atoms with van der Waals surface area (Å²) < 4.78 is 72.9. The number of benzene rings is 1. The molecule has 1 amide bonds. The van der Waals surface area contributed by atoms with Crippen LogP contribution in [0.4, 0.5) is 29.6 Å². The van der Waals surface area contributed by atoms with E-state index in [1.54, 1.807) is 18.3 Å². The molecule has 0 saturated heterocycles. The van der Waals surface area contributed by atoms with Crippen LogP contribution in [0.2, 0.25) is 0 Å². The molecule has 1 atom stereocenters. The molecule has 1 aromatic heterocycles. The second kappa shape index (κ2) is 6.99. The maximum atomic E-state index is 12.4. The van der Waals surface area contributed by atoms with Crippen LogP contribution in [0.5, 0.6) is 0 Å². The first-order valence-corrected chi connectivity index (χ1v) is 9.13. The maximum Gasteiger partial charge on any atom is 0.308 e. The van der Waals surface area contributed by atoms with Gasteiger partial charge >= 0.3 is 38.5 Å². The summed E-state index contributed by atoms with van der Waals surface area (Å²) in [5.41, 5.74) is -2.27. The van der Waals surface area contributed by atoms with Crippen LogP contribution in [-0.4, -0.2) is 22.8 Å². The summed E-state index contributed by atoms with van der Waals surface area (Å²) >= 11 is 4.96. The summed E-state index contributed by atoms with van der Waals surface area (Å²) in [5.74, 6) is -0.907. The molecule has 0 aliphatic rings. The maximum absolute atomic E-state index is 12.4. The fourth-order valence-corrected chi connectivity index (χ4v) is 1.78. The molecule has 0 saturated carbocycles. The number of fused-ring (bicyclic) bond motifs is 1. The van der Waals surface area contributed by atoms with Crippen molar-refractivity contribution in [3.63, 3.8) is 0 Å². The van der Waals surface area contributed by atoms with Gasteiger partial charge in [0.2, 0.25) is 0 Å². The van der Waals surface area contributed by atoms with Crippen LogP contribution < -0.4 is 16.0 Å². The molecule has 26 heavy (non-hydrogen) atoms. The molecule has 1 aromatic carbocycles. The molecular weight excluding hydrogens is 418 g/mol. The van der Waals surface area contributed by atoms with Gasteiger partial charge in [0.15, 0.2) is 6.20 Å². The van der Waals surface area contributed by atoms with Gasteiger partial charge in [-0.25, -0.2) is 4.39 Å². The Labute approximate surface area is 146 Å². The Morgan fingerprint density at radius 3 is 2.27 bits per heavy atom. The second-order valence-corrected chi connectivity index (χ2v) is 7.17. The van der Waals surface area contributed by atoms with E-state index >= 15 is 0 Å². The third-order valence-electron chi connectivity index (χ3n) is 2.65. The number of alkyl halides is 2. The van der Waals surface area contributed by atoms with E-state index in [-0.39, 0.29) is 18.6 Å². The van der Waals surface area contributed by atoms with Crippen LogP contribution in [0.3, 0.4) is 0 Å². The van der Waals surface area contributed by atoms with Gasteiger partial charge in [0.05, 0.1) is 17.3 Å². The Hall–Kier alpha value is -1.94. The molecule has 148 valence electrons. The zero-order valence-electron chi connectivity index (χ0n) is 12.6. The van der Waals surface area contributed by atoms with Crippen molar-refractivity contribution in [1.29, 1.82) is 0 Å². The zero-order valence-corrected chi connectivity index (χ0v) is 14.3. The smallest absolute Gasteiger partial charge is 0.308 e. The van der Waals surface area contributed by atoms with Crippen molar-refractivity contribution in [3.05, 3.63) is 40.8 Å². The van der Waals surface area contributed by atoms with Crippen molar-refractivity contribution in [2.75, 3.05) is 6.54 Å². The minimum absolute atomic E-state index is 0.112. The number of halogens is 8. The molecular formula is C12H12ClF7N3O2P. The third-order valence-corrected chi connectivity index (χ3v) is 2.84. The van der Waals surface area contributed by atoms with Crippen molar-refractivity contribution in [2.45, 2.75) is 12.2 Å². The van der Waals surface area contributed by atoms with E-state index in [1.807, 2.05) is 12.1 Å². The minimum atomic E-state index is -10.7. The van der Waals surface area contributed by atoms with Crippen LogP contribution in [0, 0.1) is 0 Å². The molecule has 1 unspecified atom stereocenters. The first kappa shape index (κ1) is 22.1. The third kappa shape index (κ3) is 9.52. The fraction of sp³-hybridized carbons (Fsp3) is 0.250. The van der Waals surface area contributed by atoms with Crippen molar-refractivity contribution >= 4 is 36.1 Å². The average molecular weight is 430 g/mol. The standard InChI is InChI=1S/C12H11ClFN3O2.F6P/c13-10(14)11(18)15-5-6-17-12(19)9-4-2-1-3-8(9)7-16-17;1-7(2,3,4,5)6/h1-4,7,10H,5-6H2,(H,15,18);/q;-1/p+1. The van der Waals surface area contributed by atoms with Crippen LogP contribution in [-0.2, 0) is 11.3 Å². The van der Waals surface area contributed by atoms with Gasteiger partial charge in [-0.2, -0.15) is 0 Å². The molecule has 0 aliphatic heterocycles. The SMILES string of the molecule is F[P-](F)(F)(F)(F)F.O=C(NCCn1[nH+]cc2ccccc2c1=O)C(F)Cl. The largest absolute Gasteiger partial charge is 0.350 e. The molecule has 0 aliphatic carbocycles. The topological polar surface area (TPSA) is 65.2 Å². The number of nitrogens with zero attached hydrogens (tertiary/aromatic N) is 1. The Bertz CT molecular complexity index is 844. The number of H-pyrrole nitrogens is 1. The summed E-state index contributed by atoms with van der Waals surface area (Å²) in [5, 5.41) is 6.47. The second-order valence-electron chi connectivity index (χ2n) is 4.87. The zero-order chi connectivity index (χ0) is 20.2. The van der Waals surface area contributed by atoms with E-state index in [1.165, 1.54) is 4.68 Å². The van der Waals surface area contributed by atoms with Crippen molar-refractivity contribution in [2.24, 2.45) is 0 Å². The quantitative estimate of drug-likeness (QED) is 0.456. The van der Waals surface area contributed by atoms with Gasteiger partial charge in [-0.3, -0.25) is 9.59 Å². The van der Waals surface area contributed by atoms with E-state index < -0.39 is 19.3 Å². The Kier molecular flexibility index (Phi) is 5.94. The first-order valence-electron chi connectivity index (χ1n) is 6.67. The molecule has 0 fully saturated rings. The Morgan fingerprint density at radius 2 is 1.73 bits per heavy atom. The molecule has 2 aromatic rings. The summed E-state index contributed by atoms with van der Waals surface area (Å²) in [7, 11) is -10.7. The van der Waals surface area contributed by atoms with Gasteiger partial charge in [0.25, 0.3) is 11.5 Å². The van der Waals surface area contributed by atoms with Gasteiger partial charge in [-0.1, -0.05) is 23.7 Å². The summed E-state index contributed by atoms with van der Waals surface area (Å²) in [6.45, 7) is 0.319. The predicted octanol–water partition coefficient (Wildman–Crippen LogP) is 3.85. The normalized spacial score (nSPS) is 15.2. The van der Waals surface area contributed by atoms with Crippen molar-refractivity contribution in [1.82, 2.24) is 10.00 Å². The van der Waals surface area contributed by atoms with Crippen LogP contribution in [0.1, 0.15) is 0 Å². The van der Waals surface area contributed by atoms with Gasteiger partial charge in [0, 0.05) is 6.54 Å². The number of amides is 1. The summed E-state index contributed by atoms with van der Waals surface area (Å²) in [4.78, 5) is 23.0. The number of carbonyl (C=O) groups excluding carboxylic acids is 1. The Balaban J connectivity index is 0.000000412. The van der Waals surface area contributed by atoms with Gasteiger partial charge in [0.1, 0.15) is 0 Å². The molecule has 0 radical (unpaired) electrons. The van der Waals surface area contributed by atoms with E-state index in [2.05, 4.69) is 10.4 Å². The van der Waals surface area contributed by atoms with Crippen molar-refractivity contribution < 1.29 is 39.5 Å². The number of rotatable bonds is 4. The number of carbonyl (C=O) groups is 1. The number of aromatic amines is 1. The van der Waals surface area contributed by atoms with Gasteiger partial charge in [-0.15, -0.1) is 9.78 Å². The molecule has 0 spiro atoms. The Morgan fingerprint density at radius 1 is 1.19 bits per heavy atom. The van der Waals surface area contributed by atoms with Crippen molar-refractivity contribution in [3.8, 4) is 0 Å². The molecule has 1 heterocycles. The van der Waals surface area contributed by atoms with E-state index in [0.29, 0.717) is 5.39 Å². The fourth-order valence-electron chi connectivity index (χ4n) is 1.70. The monoisotopic (exact) mass is 429 g/mol. The number of hydrogen-bond acceptors (Lipinski definition) is 2. The molecule has 0 bridgehead atoms. The number of nitrogens with one attached hydrogen (secondary N) is 2. The van der Waals surface area contributed by atoms with Gasteiger partial charge < -0.3 is 5.32 Å². The van der Waals surface area contributed by atoms with E-state index in [9.17, 15) is 39.2 Å². The minimum Gasteiger partial charge on any atom is -0.350 e. The van der Waals surface area contributed by atoms with Crippen LogP contribution >= 0.6 is 19.4 Å². The molecule has 5 nitrogen and oxygen atoms in total. The van der Waals surface area contributed by atoms with Crippen LogP contribution in [0.25, 0.3) is 10.8 Å². The van der Waals surface area contributed by atoms with Gasteiger partial charge in [-0.05, 0) is 12.1 Å². The summed E-state index contributed by atoms with van der Waals surface area (Å²) in [6, 6.07) is 7.15. The van der Waals surface area contributed by atoms with E-state index in [0.717, 1.165) is 5.39 Å².